The molecule has 8 heteroatoms. The molecule has 15 heavy (non-hydrogen) atoms. The molecule has 1 aliphatic carbocycles. The van der Waals surface area contributed by atoms with Crippen LogP contribution >= 0.6 is 0 Å². The van der Waals surface area contributed by atoms with Crippen molar-refractivity contribution in [3.8, 4) is 0 Å². The number of rotatable bonds is 5. The standard InChI is InChI=1S/C7H11F3O4S/c1-13-4-6(5-2-3-5)14-15(11,12)7(8,9)10/h5-6H,2-4H2,1H3. The van der Waals surface area contributed by atoms with Crippen molar-refractivity contribution in [1.29, 1.82) is 0 Å². The molecule has 1 fully saturated rings. The van der Waals surface area contributed by atoms with Gasteiger partial charge in [0.25, 0.3) is 0 Å². The van der Waals surface area contributed by atoms with E-state index in [1.165, 1.54) is 7.11 Å². The van der Waals surface area contributed by atoms with Crippen molar-refractivity contribution in [1.82, 2.24) is 0 Å². The van der Waals surface area contributed by atoms with E-state index in [2.05, 4.69) is 8.92 Å². The first-order chi connectivity index (χ1) is 6.78. The van der Waals surface area contributed by atoms with Crippen LogP contribution in [0.2, 0.25) is 0 Å². The molecule has 4 nitrogen and oxygen atoms in total. The maximum Gasteiger partial charge on any atom is 0.523 e. The summed E-state index contributed by atoms with van der Waals surface area (Å²) in [6, 6.07) is 0. The Labute approximate surface area is 85.5 Å². The molecule has 0 N–H and O–H groups in total. The Hall–Kier alpha value is -0.340. The summed E-state index contributed by atoms with van der Waals surface area (Å²) in [4.78, 5) is 0. The third-order valence-electron chi connectivity index (χ3n) is 2.01. The lowest BCUT2D eigenvalue weighted by atomic mass is 10.2. The molecule has 0 heterocycles. The van der Waals surface area contributed by atoms with Gasteiger partial charge >= 0.3 is 15.6 Å². The number of halogens is 3. The summed E-state index contributed by atoms with van der Waals surface area (Å²) in [5.74, 6) is -0.151. The first kappa shape index (κ1) is 12.7. The van der Waals surface area contributed by atoms with Gasteiger partial charge in [-0.15, -0.1) is 0 Å². The third kappa shape index (κ3) is 3.32. The zero-order valence-electron chi connectivity index (χ0n) is 7.95. The first-order valence-electron chi connectivity index (χ1n) is 4.26. The van der Waals surface area contributed by atoms with Crippen LogP contribution in [-0.2, 0) is 19.0 Å². The van der Waals surface area contributed by atoms with Crippen molar-refractivity contribution >= 4 is 10.1 Å². The summed E-state index contributed by atoms with van der Waals surface area (Å²) in [7, 11) is -4.23. The van der Waals surface area contributed by atoms with E-state index in [1.54, 1.807) is 0 Å². The van der Waals surface area contributed by atoms with Crippen LogP contribution in [0.5, 0.6) is 0 Å². The van der Waals surface area contributed by atoms with Crippen molar-refractivity contribution < 1.29 is 30.5 Å². The van der Waals surface area contributed by atoms with E-state index in [9.17, 15) is 21.6 Å². The van der Waals surface area contributed by atoms with Crippen molar-refractivity contribution in [2.45, 2.75) is 24.5 Å². The average Bonchev–Trinajstić information content (AvgIpc) is 2.82. The molecule has 1 aliphatic rings. The molecular weight excluding hydrogens is 237 g/mol. The van der Waals surface area contributed by atoms with Crippen molar-refractivity contribution in [2.24, 2.45) is 5.92 Å². The molecule has 0 aromatic heterocycles. The largest absolute Gasteiger partial charge is 0.523 e. The van der Waals surface area contributed by atoms with E-state index < -0.39 is 21.7 Å². The topological polar surface area (TPSA) is 52.6 Å². The molecule has 90 valence electrons. The van der Waals surface area contributed by atoms with Gasteiger partial charge in [0.2, 0.25) is 0 Å². The summed E-state index contributed by atoms with van der Waals surface area (Å²) in [5.41, 5.74) is -5.37. The minimum atomic E-state index is -5.50. The van der Waals surface area contributed by atoms with Gasteiger partial charge in [0, 0.05) is 7.11 Å². The molecular formula is C7H11F3O4S. The van der Waals surface area contributed by atoms with E-state index >= 15 is 0 Å². The van der Waals surface area contributed by atoms with Gasteiger partial charge in [-0.2, -0.15) is 21.6 Å². The molecule has 1 saturated carbocycles. The molecule has 0 radical (unpaired) electrons. The fourth-order valence-electron chi connectivity index (χ4n) is 1.09. The van der Waals surface area contributed by atoms with Gasteiger partial charge in [-0.25, -0.2) is 0 Å². The summed E-state index contributed by atoms with van der Waals surface area (Å²) < 4.78 is 65.9. The van der Waals surface area contributed by atoms with Crippen LogP contribution in [0.4, 0.5) is 13.2 Å². The van der Waals surface area contributed by atoms with Gasteiger partial charge in [0.15, 0.2) is 0 Å². The van der Waals surface area contributed by atoms with Crippen molar-refractivity contribution in [3.05, 3.63) is 0 Å². The van der Waals surface area contributed by atoms with Gasteiger partial charge in [0.1, 0.15) is 6.10 Å². The molecule has 1 atom stereocenters. The van der Waals surface area contributed by atoms with Gasteiger partial charge in [-0.1, -0.05) is 0 Å². The van der Waals surface area contributed by atoms with E-state index in [4.69, 9.17) is 0 Å². The number of alkyl halides is 3. The Morgan fingerprint density at radius 1 is 1.40 bits per heavy atom. The molecule has 0 aromatic carbocycles. The van der Waals surface area contributed by atoms with E-state index in [-0.39, 0.29) is 12.5 Å². The number of hydrogen-bond donors (Lipinski definition) is 0. The molecule has 0 amide bonds. The smallest absolute Gasteiger partial charge is 0.382 e. The highest BCUT2D eigenvalue weighted by molar-refractivity contribution is 7.87. The summed E-state index contributed by atoms with van der Waals surface area (Å²) >= 11 is 0. The summed E-state index contributed by atoms with van der Waals surface area (Å²) in [6.07, 6.45) is 0.310. The van der Waals surface area contributed by atoms with Crippen LogP contribution in [0.1, 0.15) is 12.8 Å². The molecule has 1 rings (SSSR count). The zero-order valence-corrected chi connectivity index (χ0v) is 8.77. The number of hydrogen-bond acceptors (Lipinski definition) is 4. The maximum absolute atomic E-state index is 12.0. The number of methoxy groups -OCH3 is 1. The number of ether oxygens (including phenoxy) is 1. The quantitative estimate of drug-likeness (QED) is 0.543. The van der Waals surface area contributed by atoms with Gasteiger partial charge < -0.3 is 4.74 Å². The molecule has 0 spiro atoms. The lowest BCUT2D eigenvalue weighted by molar-refractivity contribution is -0.0610. The third-order valence-corrected chi connectivity index (χ3v) is 3.08. The highest BCUT2D eigenvalue weighted by Crippen LogP contribution is 2.37. The van der Waals surface area contributed by atoms with Gasteiger partial charge in [0.05, 0.1) is 6.61 Å². The summed E-state index contributed by atoms with van der Waals surface area (Å²) in [5, 5.41) is 0. The van der Waals surface area contributed by atoms with Gasteiger partial charge in [-0.3, -0.25) is 4.18 Å². The summed E-state index contributed by atoms with van der Waals surface area (Å²) in [6.45, 7) is -0.153. The molecule has 0 bridgehead atoms. The minimum absolute atomic E-state index is 0.151. The molecule has 0 saturated heterocycles. The average molecular weight is 248 g/mol. The van der Waals surface area contributed by atoms with E-state index in [0.29, 0.717) is 12.8 Å². The van der Waals surface area contributed by atoms with Crippen LogP contribution in [0.15, 0.2) is 0 Å². The Bertz CT molecular complexity index is 307. The highest BCUT2D eigenvalue weighted by Gasteiger charge is 2.50. The van der Waals surface area contributed by atoms with Crippen molar-refractivity contribution in [3.63, 3.8) is 0 Å². The second-order valence-electron chi connectivity index (χ2n) is 3.33. The maximum atomic E-state index is 12.0. The normalized spacial score (nSPS) is 20.3. The fourth-order valence-corrected chi connectivity index (χ4v) is 1.74. The zero-order chi connectivity index (χ0) is 11.7. The predicted molar refractivity (Wildman–Crippen MR) is 44.4 cm³/mol. The first-order valence-corrected chi connectivity index (χ1v) is 5.67. The Morgan fingerprint density at radius 2 is 1.93 bits per heavy atom. The van der Waals surface area contributed by atoms with Crippen LogP contribution < -0.4 is 0 Å². The van der Waals surface area contributed by atoms with Crippen LogP contribution in [0.3, 0.4) is 0 Å². The predicted octanol–water partition coefficient (Wildman–Crippen LogP) is 1.28. The lowest BCUT2D eigenvalue weighted by Crippen LogP contribution is -2.33. The lowest BCUT2D eigenvalue weighted by Gasteiger charge is -2.16. The highest BCUT2D eigenvalue weighted by atomic mass is 32.2. The minimum Gasteiger partial charge on any atom is -0.382 e. The SMILES string of the molecule is COCC(OS(=O)(=O)C(F)(F)F)C1CC1. The second-order valence-corrected chi connectivity index (χ2v) is 4.89. The van der Waals surface area contributed by atoms with Crippen molar-refractivity contribution in [2.75, 3.05) is 13.7 Å². The molecule has 1 unspecified atom stereocenters. The Kier molecular flexibility index (Phi) is 3.62. The fraction of sp³-hybridized carbons (Fsp3) is 1.00. The van der Waals surface area contributed by atoms with E-state index in [0.717, 1.165) is 0 Å². The van der Waals surface area contributed by atoms with E-state index in [1.807, 2.05) is 0 Å². The molecule has 0 aliphatic heterocycles. The van der Waals surface area contributed by atoms with Crippen LogP contribution in [0, 0.1) is 5.92 Å². The second kappa shape index (κ2) is 4.26. The molecule has 0 aromatic rings. The monoisotopic (exact) mass is 248 g/mol. The Balaban J connectivity index is 2.65. The van der Waals surface area contributed by atoms with Gasteiger partial charge in [-0.05, 0) is 18.8 Å². The Morgan fingerprint density at radius 3 is 2.27 bits per heavy atom. The van der Waals surface area contributed by atoms with Crippen LogP contribution in [-0.4, -0.2) is 33.7 Å². The van der Waals surface area contributed by atoms with Crippen LogP contribution in [0.25, 0.3) is 0 Å².